The predicted octanol–water partition coefficient (Wildman–Crippen LogP) is 3.52. The van der Waals surface area contributed by atoms with E-state index in [0.717, 1.165) is 10.4 Å². The fourth-order valence-corrected chi connectivity index (χ4v) is 3.80. The molecule has 0 fully saturated rings. The molecular formula is C17H15FN2O3S. The van der Waals surface area contributed by atoms with Crippen molar-refractivity contribution in [3.05, 3.63) is 78.1 Å². The van der Waals surface area contributed by atoms with Crippen molar-refractivity contribution in [1.29, 1.82) is 0 Å². The topological polar surface area (TPSA) is 63.4 Å². The first-order valence-corrected chi connectivity index (χ1v) is 8.65. The zero-order chi connectivity index (χ0) is 17.2. The van der Waals surface area contributed by atoms with Gasteiger partial charge in [-0.15, -0.1) is 0 Å². The van der Waals surface area contributed by atoms with Crippen LogP contribution in [0.5, 0.6) is 0 Å². The second kappa shape index (κ2) is 6.45. The van der Waals surface area contributed by atoms with E-state index in [9.17, 15) is 12.8 Å². The standard InChI is InChI=1S/C17H15FN2O3S/c1-13-7-8-15(18)16(11-13)24(21,22)20(12-14-5-4-10-23-14)17-6-2-3-9-19-17/h2-11H,12H2,1H3. The van der Waals surface area contributed by atoms with Gasteiger partial charge in [-0.3, -0.25) is 0 Å². The number of sulfonamides is 1. The lowest BCUT2D eigenvalue weighted by atomic mass is 10.2. The van der Waals surface area contributed by atoms with Gasteiger partial charge in [-0.05, 0) is 48.9 Å². The summed E-state index contributed by atoms with van der Waals surface area (Å²) in [4.78, 5) is 3.70. The van der Waals surface area contributed by atoms with E-state index in [2.05, 4.69) is 4.98 Å². The van der Waals surface area contributed by atoms with Crippen LogP contribution in [0.1, 0.15) is 11.3 Å². The van der Waals surface area contributed by atoms with Gasteiger partial charge in [-0.2, -0.15) is 0 Å². The van der Waals surface area contributed by atoms with Crippen LogP contribution in [0.2, 0.25) is 0 Å². The Labute approximate surface area is 139 Å². The number of benzene rings is 1. The minimum Gasteiger partial charge on any atom is -0.467 e. The molecule has 124 valence electrons. The smallest absolute Gasteiger partial charge is 0.268 e. The number of aromatic nitrogens is 1. The van der Waals surface area contributed by atoms with E-state index in [0.29, 0.717) is 11.3 Å². The van der Waals surface area contributed by atoms with Crippen LogP contribution >= 0.6 is 0 Å². The Balaban J connectivity index is 2.12. The maximum absolute atomic E-state index is 14.2. The summed E-state index contributed by atoms with van der Waals surface area (Å²) in [6.45, 7) is 1.62. The van der Waals surface area contributed by atoms with Crippen molar-refractivity contribution >= 4 is 15.8 Å². The highest BCUT2D eigenvalue weighted by atomic mass is 32.2. The van der Waals surface area contributed by atoms with Gasteiger partial charge in [0.1, 0.15) is 22.3 Å². The molecule has 0 aliphatic carbocycles. The summed E-state index contributed by atoms with van der Waals surface area (Å²) in [6, 6.07) is 12.2. The van der Waals surface area contributed by atoms with Crippen LogP contribution in [0.4, 0.5) is 10.2 Å². The molecule has 0 saturated carbocycles. The Morgan fingerprint density at radius 1 is 1.17 bits per heavy atom. The summed E-state index contributed by atoms with van der Waals surface area (Å²) in [5.74, 6) is -0.187. The molecule has 0 N–H and O–H groups in total. The predicted molar refractivity (Wildman–Crippen MR) is 87.5 cm³/mol. The Morgan fingerprint density at radius 2 is 2.00 bits per heavy atom. The molecule has 0 aliphatic heterocycles. The number of furan rings is 1. The number of hydrogen-bond acceptors (Lipinski definition) is 4. The van der Waals surface area contributed by atoms with Crippen LogP contribution < -0.4 is 4.31 Å². The summed E-state index contributed by atoms with van der Waals surface area (Å²) in [7, 11) is -4.15. The molecule has 0 unspecified atom stereocenters. The second-order valence-electron chi connectivity index (χ2n) is 5.21. The lowest BCUT2D eigenvalue weighted by Gasteiger charge is -2.22. The van der Waals surface area contributed by atoms with Gasteiger partial charge in [0.15, 0.2) is 0 Å². The third-order valence-corrected chi connectivity index (χ3v) is 5.20. The number of anilines is 1. The zero-order valence-corrected chi connectivity index (χ0v) is 13.7. The fraction of sp³-hybridized carbons (Fsp3) is 0.118. The van der Waals surface area contributed by atoms with Crippen LogP contribution in [-0.2, 0) is 16.6 Å². The van der Waals surface area contributed by atoms with E-state index >= 15 is 0 Å². The molecule has 2 aromatic heterocycles. The molecule has 3 rings (SSSR count). The van der Waals surface area contributed by atoms with Gasteiger partial charge < -0.3 is 4.42 Å². The fourth-order valence-electron chi connectivity index (χ4n) is 2.26. The molecule has 0 bridgehead atoms. The molecular weight excluding hydrogens is 331 g/mol. The summed E-state index contributed by atoms with van der Waals surface area (Å²) in [5.41, 5.74) is 0.647. The first-order valence-electron chi connectivity index (χ1n) is 7.21. The van der Waals surface area contributed by atoms with Crippen LogP contribution in [0.25, 0.3) is 0 Å². The van der Waals surface area contributed by atoms with Gasteiger partial charge in [-0.1, -0.05) is 12.1 Å². The first-order chi connectivity index (χ1) is 11.5. The quantitative estimate of drug-likeness (QED) is 0.709. The van der Waals surface area contributed by atoms with E-state index < -0.39 is 15.8 Å². The van der Waals surface area contributed by atoms with Crippen LogP contribution in [0, 0.1) is 12.7 Å². The van der Waals surface area contributed by atoms with E-state index in [4.69, 9.17) is 4.42 Å². The highest BCUT2D eigenvalue weighted by Gasteiger charge is 2.29. The molecule has 0 amide bonds. The molecule has 0 atom stereocenters. The molecule has 0 spiro atoms. The van der Waals surface area contributed by atoms with Crippen molar-refractivity contribution in [2.24, 2.45) is 0 Å². The summed E-state index contributed by atoms with van der Waals surface area (Å²) in [6.07, 6.45) is 2.93. The number of rotatable bonds is 5. The molecule has 0 radical (unpaired) electrons. The van der Waals surface area contributed by atoms with E-state index in [-0.39, 0.29) is 17.3 Å². The number of aryl methyl sites for hydroxylation is 1. The van der Waals surface area contributed by atoms with E-state index in [1.54, 1.807) is 37.3 Å². The number of nitrogens with zero attached hydrogens (tertiary/aromatic N) is 2. The molecule has 7 heteroatoms. The monoisotopic (exact) mass is 346 g/mol. The first kappa shape index (κ1) is 16.2. The van der Waals surface area contributed by atoms with Crippen molar-refractivity contribution in [2.75, 3.05) is 4.31 Å². The van der Waals surface area contributed by atoms with Gasteiger partial charge in [0.2, 0.25) is 0 Å². The van der Waals surface area contributed by atoms with Crippen molar-refractivity contribution in [1.82, 2.24) is 4.98 Å². The van der Waals surface area contributed by atoms with Crippen molar-refractivity contribution in [3.8, 4) is 0 Å². The van der Waals surface area contributed by atoms with Gasteiger partial charge >= 0.3 is 0 Å². The largest absolute Gasteiger partial charge is 0.467 e. The normalized spacial score (nSPS) is 11.4. The van der Waals surface area contributed by atoms with Gasteiger partial charge in [0.25, 0.3) is 10.0 Å². The van der Waals surface area contributed by atoms with Crippen LogP contribution in [-0.4, -0.2) is 13.4 Å². The maximum atomic E-state index is 14.2. The van der Waals surface area contributed by atoms with Gasteiger partial charge in [-0.25, -0.2) is 22.1 Å². The molecule has 2 heterocycles. The van der Waals surface area contributed by atoms with Crippen LogP contribution in [0.3, 0.4) is 0 Å². The molecule has 24 heavy (non-hydrogen) atoms. The third-order valence-electron chi connectivity index (χ3n) is 3.44. The van der Waals surface area contributed by atoms with Crippen molar-refractivity contribution < 1.29 is 17.2 Å². The zero-order valence-electron chi connectivity index (χ0n) is 12.9. The number of halogens is 1. The third kappa shape index (κ3) is 3.16. The van der Waals surface area contributed by atoms with Gasteiger partial charge in [0.05, 0.1) is 12.8 Å². The number of pyridine rings is 1. The van der Waals surface area contributed by atoms with Crippen LogP contribution in [0.15, 0.2) is 70.3 Å². The Morgan fingerprint density at radius 3 is 2.67 bits per heavy atom. The summed E-state index contributed by atoms with van der Waals surface area (Å²) < 4.78 is 46.5. The second-order valence-corrected chi connectivity index (χ2v) is 7.04. The maximum Gasteiger partial charge on any atom is 0.268 e. The number of hydrogen-bond donors (Lipinski definition) is 0. The average molecular weight is 346 g/mol. The molecule has 0 saturated heterocycles. The van der Waals surface area contributed by atoms with E-state index in [1.807, 2.05) is 0 Å². The van der Waals surface area contributed by atoms with Crippen molar-refractivity contribution in [3.63, 3.8) is 0 Å². The van der Waals surface area contributed by atoms with E-state index in [1.165, 1.54) is 24.6 Å². The lowest BCUT2D eigenvalue weighted by molar-refractivity contribution is 0.506. The highest BCUT2D eigenvalue weighted by Crippen LogP contribution is 2.26. The van der Waals surface area contributed by atoms with Gasteiger partial charge in [0, 0.05) is 6.20 Å². The summed E-state index contributed by atoms with van der Waals surface area (Å²) in [5, 5.41) is 0. The van der Waals surface area contributed by atoms with Crippen molar-refractivity contribution in [2.45, 2.75) is 18.4 Å². The Kier molecular flexibility index (Phi) is 4.35. The lowest BCUT2D eigenvalue weighted by Crippen LogP contribution is -2.31. The average Bonchev–Trinajstić information content (AvgIpc) is 3.08. The minimum absolute atomic E-state index is 0.0836. The minimum atomic E-state index is -4.15. The Hall–Kier alpha value is -2.67. The molecule has 0 aliphatic rings. The highest BCUT2D eigenvalue weighted by molar-refractivity contribution is 7.92. The molecule has 3 aromatic rings. The SMILES string of the molecule is Cc1ccc(F)c(S(=O)(=O)N(Cc2ccco2)c2ccccn2)c1. The Bertz CT molecular complexity index is 926. The molecule has 1 aromatic carbocycles. The molecule has 5 nitrogen and oxygen atoms in total. The summed E-state index contributed by atoms with van der Waals surface area (Å²) >= 11 is 0.